The van der Waals surface area contributed by atoms with E-state index in [1.165, 1.54) is 0 Å². The Labute approximate surface area is 157 Å². The van der Waals surface area contributed by atoms with E-state index in [-0.39, 0.29) is 18.4 Å². The molecule has 0 aliphatic carbocycles. The Kier molecular flexibility index (Phi) is 4.85. The number of nitrogens with zero attached hydrogens (tertiary/aromatic N) is 1. The van der Waals surface area contributed by atoms with Crippen molar-refractivity contribution in [3.8, 4) is 5.75 Å². The second-order valence-corrected chi connectivity index (χ2v) is 6.91. The largest absolute Gasteiger partial charge is 0.484 e. The molecule has 1 spiro atoms. The smallest absolute Gasteiger partial charge is 0.258 e. The summed E-state index contributed by atoms with van der Waals surface area (Å²) in [7, 11) is 0. The van der Waals surface area contributed by atoms with Gasteiger partial charge in [-0.2, -0.15) is 0 Å². The molecule has 0 unspecified atom stereocenters. The SMILES string of the molecule is O=C(CN1CC2(CCOCC2)Oc2ccccc2C1=O)NCc1ccco1. The van der Waals surface area contributed by atoms with Gasteiger partial charge in [0.1, 0.15) is 23.7 Å². The third-order valence-corrected chi connectivity index (χ3v) is 4.99. The summed E-state index contributed by atoms with van der Waals surface area (Å²) in [6.07, 6.45) is 2.92. The highest BCUT2D eigenvalue weighted by molar-refractivity contribution is 5.99. The first kappa shape index (κ1) is 17.6. The molecule has 7 nitrogen and oxygen atoms in total. The van der Waals surface area contributed by atoms with Crippen LogP contribution in [0.5, 0.6) is 5.75 Å². The minimum Gasteiger partial charge on any atom is -0.484 e. The quantitative estimate of drug-likeness (QED) is 0.890. The standard InChI is InChI=1S/C20H22N2O5/c23-18(21-12-15-4-3-9-26-15)13-22-14-20(7-10-25-11-8-20)27-17-6-2-1-5-16(17)19(22)24/h1-6,9H,7-8,10-14H2,(H,21,23). The Balaban J connectivity index is 1.53. The van der Waals surface area contributed by atoms with Gasteiger partial charge in [0.2, 0.25) is 5.91 Å². The average molecular weight is 370 g/mol. The molecule has 1 aromatic heterocycles. The molecule has 2 aliphatic heterocycles. The molecule has 3 heterocycles. The van der Waals surface area contributed by atoms with Crippen molar-refractivity contribution in [2.45, 2.75) is 25.0 Å². The maximum atomic E-state index is 13.0. The number of nitrogens with one attached hydrogen (secondary N) is 1. The zero-order valence-electron chi connectivity index (χ0n) is 15.0. The second kappa shape index (κ2) is 7.44. The zero-order chi connectivity index (χ0) is 18.7. The van der Waals surface area contributed by atoms with E-state index >= 15 is 0 Å². The van der Waals surface area contributed by atoms with Crippen LogP contribution in [-0.2, 0) is 16.1 Å². The molecular formula is C20H22N2O5. The van der Waals surface area contributed by atoms with Crippen LogP contribution in [0.4, 0.5) is 0 Å². The number of furan rings is 1. The Morgan fingerprint density at radius 3 is 2.74 bits per heavy atom. The first-order valence-electron chi connectivity index (χ1n) is 9.09. The molecule has 4 rings (SSSR count). The molecule has 0 radical (unpaired) electrons. The predicted molar refractivity (Wildman–Crippen MR) is 96.3 cm³/mol. The van der Waals surface area contributed by atoms with Gasteiger partial charge in [-0.15, -0.1) is 0 Å². The van der Waals surface area contributed by atoms with Gasteiger partial charge in [0, 0.05) is 12.8 Å². The van der Waals surface area contributed by atoms with Crippen molar-refractivity contribution in [2.75, 3.05) is 26.3 Å². The molecule has 0 bridgehead atoms. The van der Waals surface area contributed by atoms with E-state index < -0.39 is 5.60 Å². The topological polar surface area (TPSA) is 81.0 Å². The summed E-state index contributed by atoms with van der Waals surface area (Å²) < 4.78 is 17.0. The van der Waals surface area contributed by atoms with Crippen LogP contribution >= 0.6 is 0 Å². The molecule has 1 N–H and O–H groups in total. The fourth-order valence-electron chi connectivity index (χ4n) is 3.55. The molecule has 0 atom stereocenters. The van der Waals surface area contributed by atoms with Gasteiger partial charge < -0.3 is 24.1 Å². The van der Waals surface area contributed by atoms with E-state index in [1.807, 2.05) is 12.1 Å². The molecule has 1 fully saturated rings. The number of amides is 2. The van der Waals surface area contributed by atoms with E-state index in [4.69, 9.17) is 13.9 Å². The van der Waals surface area contributed by atoms with Gasteiger partial charge >= 0.3 is 0 Å². The van der Waals surface area contributed by atoms with Crippen LogP contribution in [0.1, 0.15) is 29.0 Å². The number of ether oxygens (including phenoxy) is 2. The highest BCUT2D eigenvalue weighted by atomic mass is 16.5. The lowest BCUT2D eigenvalue weighted by Crippen LogP contribution is -2.52. The van der Waals surface area contributed by atoms with Crippen molar-refractivity contribution >= 4 is 11.8 Å². The Morgan fingerprint density at radius 1 is 1.15 bits per heavy atom. The van der Waals surface area contributed by atoms with Crippen molar-refractivity contribution in [1.82, 2.24) is 10.2 Å². The van der Waals surface area contributed by atoms with Crippen LogP contribution in [0.3, 0.4) is 0 Å². The van der Waals surface area contributed by atoms with Crippen LogP contribution < -0.4 is 10.1 Å². The molecule has 27 heavy (non-hydrogen) atoms. The lowest BCUT2D eigenvalue weighted by atomic mass is 9.93. The first-order valence-corrected chi connectivity index (χ1v) is 9.09. The van der Waals surface area contributed by atoms with Crippen molar-refractivity contribution in [1.29, 1.82) is 0 Å². The van der Waals surface area contributed by atoms with Gasteiger partial charge in [-0.1, -0.05) is 12.1 Å². The zero-order valence-corrected chi connectivity index (χ0v) is 15.0. The lowest BCUT2D eigenvalue weighted by Gasteiger charge is -2.38. The van der Waals surface area contributed by atoms with E-state index in [0.29, 0.717) is 56.2 Å². The Morgan fingerprint density at radius 2 is 1.96 bits per heavy atom. The van der Waals surface area contributed by atoms with Crippen LogP contribution in [0.25, 0.3) is 0 Å². The van der Waals surface area contributed by atoms with Gasteiger partial charge in [0.05, 0.1) is 38.1 Å². The van der Waals surface area contributed by atoms with Gasteiger partial charge in [-0.3, -0.25) is 9.59 Å². The summed E-state index contributed by atoms with van der Waals surface area (Å²) in [5.74, 6) is 0.812. The molecule has 142 valence electrons. The molecule has 2 aliphatic rings. The van der Waals surface area contributed by atoms with Crippen molar-refractivity contribution < 1.29 is 23.5 Å². The van der Waals surface area contributed by atoms with Gasteiger partial charge in [-0.05, 0) is 24.3 Å². The first-order chi connectivity index (χ1) is 13.2. The van der Waals surface area contributed by atoms with Gasteiger partial charge in [-0.25, -0.2) is 0 Å². The second-order valence-electron chi connectivity index (χ2n) is 6.91. The molecule has 1 saturated heterocycles. The average Bonchev–Trinajstić information content (AvgIpc) is 3.17. The number of benzene rings is 1. The molecule has 1 aromatic carbocycles. The minimum atomic E-state index is -0.526. The van der Waals surface area contributed by atoms with Crippen LogP contribution in [0.15, 0.2) is 47.1 Å². The van der Waals surface area contributed by atoms with E-state index in [0.717, 1.165) is 0 Å². The summed E-state index contributed by atoms with van der Waals surface area (Å²) in [5.41, 5.74) is -0.0402. The summed E-state index contributed by atoms with van der Waals surface area (Å²) >= 11 is 0. The number of carbonyl (C=O) groups is 2. The fourth-order valence-corrected chi connectivity index (χ4v) is 3.55. The maximum absolute atomic E-state index is 13.0. The fraction of sp³-hybridized carbons (Fsp3) is 0.400. The number of hydrogen-bond donors (Lipinski definition) is 1. The highest BCUT2D eigenvalue weighted by Crippen LogP contribution is 2.34. The number of para-hydroxylation sites is 1. The van der Waals surface area contributed by atoms with E-state index in [2.05, 4.69) is 5.32 Å². The maximum Gasteiger partial charge on any atom is 0.258 e. The predicted octanol–water partition coefficient (Wildman–Crippen LogP) is 1.98. The van der Waals surface area contributed by atoms with Crippen molar-refractivity contribution in [3.05, 3.63) is 54.0 Å². The number of fused-ring (bicyclic) bond motifs is 1. The van der Waals surface area contributed by atoms with Crippen LogP contribution in [0.2, 0.25) is 0 Å². The Hall–Kier alpha value is -2.80. The lowest BCUT2D eigenvalue weighted by molar-refractivity contribution is -0.122. The van der Waals surface area contributed by atoms with Crippen molar-refractivity contribution in [3.63, 3.8) is 0 Å². The highest BCUT2D eigenvalue weighted by Gasteiger charge is 2.42. The van der Waals surface area contributed by atoms with Gasteiger partial charge in [0.25, 0.3) is 5.91 Å². The summed E-state index contributed by atoms with van der Waals surface area (Å²) in [6.45, 7) is 1.78. The minimum absolute atomic E-state index is 0.0279. The molecule has 2 amide bonds. The number of rotatable bonds is 4. The molecule has 2 aromatic rings. The monoisotopic (exact) mass is 370 g/mol. The van der Waals surface area contributed by atoms with Crippen molar-refractivity contribution in [2.24, 2.45) is 0 Å². The summed E-state index contributed by atoms with van der Waals surface area (Å²) in [5, 5.41) is 2.80. The molecule has 7 heteroatoms. The Bertz CT molecular complexity index is 812. The summed E-state index contributed by atoms with van der Waals surface area (Å²) in [6, 6.07) is 10.8. The number of hydrogen-bond acceptors (Lipinski definition) is 5. The normalized spacial score (nSPS) is 18.5. The molecular weight excluding hydrogens is 348 g/mol. The summed E-state index contributed by atoms with van der Waals surface area (Å²) in [4.78, 5) is 27.1. The van der Waals surface area contributed by atoms with E-state index in [1.54, 1.807) is 35.4 Å². The van der Waals surface area contributed by atoms with E-state index in [9.17, 15) is 9.59 Å². The number of carbonyl (C=O) groups excluding carboxylic acids is 2. The van der Waals surface area contributed by atoms with Gasteiger partial charge in [0.15, 0.2) is 0 Å². The van der Waals surface area contributed by atoms with Crippen LogP contribution in [0, 0.1) is 0 Å². The molecule has 0 saturated carbocycles. The third-order valence-electron chi connectivity index (χ3n) is 4.99. The third kappa shape index (κ3) is 3.83. The van der Waals surface area contributed by atoms with Crippen LogP contribution in [-0.4, -0.2) is 48.6 Å².